The molecule has 4 rings (SSSR count). The number of hydrogen-bond acceptors (Lipinski definition) is 6. The number of carbonyl (C=O) groups is 1. The van der Waals surface area contributed by atoms with Gasteiger partial charge in [-0.3, -0.25) is 14.8 Å². The molecule has 26 heavy (non-hydrogen) atoms. The van der Waals surface area contributed by atoms with Crippen molar-refractivity contribution in [2.45, 2.75) is 19.0 Å². The summed E-state index contributed by atoms with van der Waals surface area (Å²) in [6, 6.07) is 5.29. The number of nitrogens with one attached hydrogen (secondary N) is 1. The maximum atomic E-state index is 13.2. The lowest BCUT2D eigenvalue weighted by Gasteiger charge is -2.15. The molecule has 3 N–H and O–H groups in total. The molecular formula is C18H18FN5OS. The standard InChI is InChI=1S/C18H18FN5OS/c19-12-5-11(7-21-9-12)8-23-16-6-14-15(26-16)1-3-22-17(14)18(25)24-4-2-13(20)10-24/h1,3,5-7,9,13,23H,2,4,8,10,20H2/t13-/m1/s1. The van der Waals surface area contributed by atoms with E-state index in [1.807, 2.05) is 12.1 Å². The van der Waals surface area contributed by atoms with Crippen molar-refractivity contribution >= 4 is 32.3 Å². The molecule has 1 saturated heterocycles. The van der Waals surface area contributed by atoms with Crippen LogP contribution in [0.5, 0.6) is 0 Å². The van der Waals surface area contributed by atoms with Gasteiger partial charge in [-0.1, -0.05) is 0 Å². The number of halogens is 1. The van der Waals surface area contributed by atoms with Crippen molar-refractivity contribution in [3.8, 4) is 0 Å². The number of carbonyl (C=O) groups excluding carboxylic acids is 1. The van der Waals surface area contributed by atoms with Crippen molar-refractivity contribution in [2.75, 3.05) is 18.4 Å². The molecule has 0 spiro atoms. The molecule has 1 atom stereocenters. The maximum absolute atomic E-state index is 13.2. The quantitative estimate of drug-likeness (QED) is 0.736. The Labute approximate surface area is 153 Å². The highest BCUT2D eigenvalue weighted by Crippen LogP contribution is 2.32. The third kappa shape index (κ3) is 3.38. The number of aromatic nitrogens is 2. The molecule has 1 aliphatic heterocycles. The number of fused-ring (bicyclic) bond motifs is 1. The first kappa shape index (κ1) is 16.9. The Morgan fingerprint density at radius 1 is 1.42 bits per heavy atom. The smallest absolute Gasteiger partial charge is 0.273 e. The molecule has 0 radical (unpaired) electrons. The Bertz CT molecular complexity index is 960. The van der Waals surface area contributed by atoms with Crippen LogP contribution in [-0.4, -0.2) is 39.9 Å². The van der Waals surface area contributed by atoms with E-state index in [1.165, 1.54) is 23.6 Å². The fourth-order valence-electron chi connectivity index (χ4n) is 3.08. The second-order valence-electron chi connectivity index (χ2n) is 6.35. The number of nitrogens with zero attached hydrogens (tertiary/aromatic N) is 3. The SMILES string of the molecule is N[C@@H]1CCN(C(=O)c2nccc3sc(NCc4cncc(F)c4)cc23)C1. The van der Waals surface area contributed by atoms with Crippen molar-refractivity contribution in [3.05, 3.63) is 53.9 Å². The van der Waals surface area contributed by atoms with Gasteiger partial charge in [0.15, 0.2) is 0 Å². The summed E-state index contributed by atoms with van der Waals surface area (Å²) in [6.07, 6.45) is 5.27. The molecule has 134 valence electrons. The molecule has 1 aliphatic rings. The number of rotatable bonds is 4. The monoisotopic (exact) mass is 371 g/mol. The Morgan fingerprint density at radius 3 is 3.08 bits per heavy atom. The van der Waals surface area contributed by atoms with Gasteiger partial charge in [0.25, 0.3) is 5.91 Å². The van der Waals surface area contributed by atoms with E-state index >= 15 is 0 Å². The molecule has 4 heterocycles. The van der Waals surface area contributed by atoms with Crippen molar-refractivity contribution < 1.29 is 9.18 Å². The molecule has 1 fully saturated rings. The number of hydrogen-bond donors (Lipinski definition) is 2. The topological polar surface area (TPSA) is 84.1 Å². The first-order chi connectivity index (χ1) is 12.6. The second-order valence-corrected chi connectivity index (χ2v) is 7.43. The van der Waals surface area contributed by atoms with Crippen molar-refractivity contribution in [3.63, 3.8) is 0 Å². The van der Waals surface area contributed by atoms with Crippen LogP contribution in [0.3, 0.4) is 0 Å². The zero-order valence-electron chi connectivity index (χ0n) is 14.0. The third-order valence-corrected chi connectivity index (χ3v) is 5.45. The van der Waals surface area contributed by atoms with Crippen LogP contribution in [0.15, 0.2) is 36.8 Å². The third-order valence-electron chi connectivity index (χ3n) is 4.39. The number of anilines is 1. The lowest BCUT2D eigenvalue weighted by molar-refractivity contribution is 0.0787. The Kier molecular flexibility index (Phi) is 4.52. The van der Waals surface area contributed by atoms with Crippen LogP contribution in [0.25, 0.3) is 10.1 Å². The molecule has 8 heteroatoms. The molecule has 1 amide bonds. The van der Waals surface area contributed by atoms with Crippen LogP contribution >= 0.6 is 11.3 Å². The molecule has 0 aliphatic carbocycles. The van der Waals surface area contributed by atoms with E-state index in [1.54, 1.807) is 17.3 Å². The molecular weight excluding hydrogens is 353 g/mol. The molecule has 3 aromatic rings. The molecule has 0 bridgehead atoms. The summed E-state index contributed by atoms with van der Waals surface area (Å²) in [6.45, 7) is 1.69. The number of likely N-dealkylation sites (tertiary alicyclic amines) is 1. The molecule has 0 saturated carbocycles. The van der Waals surface area contributed by atoms with Gasteiger partial charge in [-0.05, 0) is 30.2 Å². The predicted octanol–water partition coefficient (Wildman–Crippen LogP) is 2.62. The van der Waals surface area contributed by atoms with E-state index in [0.29, 0.717) is 25.3 Å². The van der Waals surface area contributed by atoms with E-state index in [4.69, 9.17) is 5.73 Å². The van der Waals surface area contributed by atoms with Crippen LogP contribution in [0.1, 0.15) is 22.5 Å². The van der Waals surface area contributed by atoms with Crippen LogP contribution in [0.4, 0.5) is 9.39 Å². The summed E-state index contributed by atoms with van der Waals surface area (Å²) in [5, 5.41) is 4.97. The summed E-state index contributed by atoms with van der Waals surface area (Å²) >= 11 is 1.53. The molecule has 0 aromatic carbocycles. The van der Waals surface area contributed by atoms with Gasteiger partial charge in [0.2, 0.25) is 0 Å². The maximum Gasteiger partial charge on any atom is 0.273 e. The summed E-state index contributed by atoms with van der Waals surface area (Å²) < 4.78 is 14.2. The lowest BCUT2D eigenvalue weighted by atomic mass is 10.2. The summed E-state index contributed by atoms with van der Waals surface area (Å²) in [5.41, 5.74) is 7.11. The largest absolute Gasteiger partial charge is 0.373 e. The molecule has 3 aromatic heterocycles. The predicted molar refractivity (Wildman–Crippen MR) is 99.6 cm³/mol. The van der Waals surface area contributed by atoms with Gasteiger partial charge in [0, 0.05) is 48.2 Å². The summed E-state index contributed by atoms with van der Waals surface area (Å²) in [4.78, 5) is 22.7. The van der Waals surface area contributed by atoms with Gasteiger partial charge in [0.05, 0.1) is 11.2 Å². The summed E-state index contributed by atoms with van der Waals surface area (Å²) in [7, 11) is 0. The summed E-state index contributed by atoms with van der Waals surface area (Å²) in [5.74, 6) is -0.441. The molecule has 0 unspecified atom stereocenters. The number of amides is 1. The average molecular weight is 371 g/mol. The van der Waals surface area contributed by atoms with Gasteiger partial charge in [-0.2, -0.15) is 0 Å². The van der Waals surface area contributed by atoms with Gasteiger partial charge < -0.3 is 16.0 Å². The minimum absolute atomic E-state index is 0.0396. The zero-order chi connectivity index (χ0) is 18.1. The molecule has 6 nitrogen and oxygen atoms in total. The average Bonchev–Trinajstić information content (AvgIpc) is 3.25. The van der Waals surface area contributed by atoms with Crippen LogP contribution in [-0.2, 0) is 6.54 Å². The van der Waals surface area contributed by atoms with E-state index in [0.717, 1.165) is 27.1 Å². The van der Waals surface area contributed by atoms with Gasteiger partial charge >= 0.3 is 0 Å². The fraction of sp³-hybridized carbons (Fsp3) is 0.278. The Balaban J connectivity index is 1.56. The van der Waals surface area contributed by atoms with Crippen molar-refractivity contribution in [1.82, 2.24) is 14.9 Å². The first-order valence-electron chi connectivity index (χ1n) is 8.37. The van der Waals surface area contributed by atoms with E-state index in [9.17, 15) is 9.18 Å². The lowest BCUT2D eigenvalue weighted by Crippen LogP contribution is -2.32. The van der Waals surface area contributed by atoms with Gasteiger partial charge in [-0.25, -0.2) is 4.39 Å². The van der Waals surface area contributed by atoms with Crippen molar-refractivity contribution in [2.24, 2.45) is 5.73 Å². The number of nitrogens with two attached hydrogens (primary N) is 1. The number of thiophene rings is 1. The highest BCUT2D eigenvalue weighted by molar-refractivity contribution is 7.22. The van der Waals surface area contributed by atoms with E-state index in [-0.39, 0.29) is 17.8 Å². The normalized spacial score (nSPS) is 17.0. The minimum Gasteiger partial charge on any atom is -0.373 e. The minimum atomic E-state index is -0.360. The van der Waals surface area contributed by atoms with Gasteiger partial charge in [-0.15, -0.1) is 11.3 Å². The highest BCUT2D eigenvalue weighted by Gasteiger charge is 2.26. The zero-order valence-corrected chi connectivity index (χ0v) is 14.8. The van der Waals surface area contributed by atoms with Crippen LogP contribution < -0.4 is 11.1 Å². The second kappa shape index (κ2) is 6.97. The first-order valence-corrected chi connectivity index (χ1v) is 9.18. The van der Waals surface area contributed by atoms with Gasteiger partial charge in [0.1, 0.15) is 11.5 Å². The number of pyridine rings is 2. The fourth-order valence-corrected chi connectivity index (χ4v) is 4.04. The van der Waals surface area contributed by atoms with Crippen LogP contribution in [0.2, 0.25) is 0 Å². The van der Waals surface area contributed by atoms with E-state index < -0.39 is 0 Å². The Morgan fingerprint density at radius 2 is 2.31 bits per heavy atom. The highest BCUT2D eigenvalue weighted by atomic mass is 32.1. The van der Waals surface area contributed by atoms with Crippen molar-refractivity contribution in [1.29, 1.82) is 0 Å². The van der Waals surface area contributed by atoms with E-state index in [2.05, 4.69) is 15.3 Å². The van der Waals surface area contributed by atoms with Crippen LogP contribution in [0, 0.1) is 5.82 Å². The Hall–Kier alpha value is -2.58.